The zero-order valence-corrected chi connectivity index (χ0v) is 48.4. The van der Waals surface area contributed by atoms with Gasteiger partial charge in [0.25, 0.3) is 0 Å². The molecule has 1 heterocycles. The molecule has 2 amide bonds. The van der Waals surface area contributed by atoms with Crippen LogP contribution in [-0.2, 0) is 67.1 Å². The number of urea groups is 1. The Morgan fingerprint density at radius 3 is 1.67 bits per heavy atom. The van der Waals surface area contributed by atoms with E-state index in [0.717, 1.165) is 45.5 Å². The van der Waals surface area contributed by atoms with Crippen LogP contribution in [0.25, 0.3) is 0 Å². The van der Waals surface area contributed by atoms with Crippen LogP contribution in [0, 0.1) is 0 Å². The van der Waals surface area contributed by atoms with E-state index in [2.05, 4.69) is 68.6 Å². The molecule has 1 aliphatic rings. The van der Waals surface area contributed by atoms with Crippen LogP contribution in [0.5, 0.6) is 17.2 Å². The molecular formula is C60H78N3O10PSi2. The lowest BCUT2D eigenvalue weighted by atomic mass is 9.98. The number of hydrazine groups is 1. The van der Waals surface area contributed by atoms with Crippen LogP contribution in [-0.4, -0.2) is 96.0 Å². The van der Waals surface area contributed by atoms with Crippen LogP contribution in [0.1, 0.15) is 33.4 Å². The smallest absolute Gasteiger partial charge is 0.368 e. The highest BCUT2D eigenvalue weighted by atomic mass is 31.2. The largest absolute Gasteiger partial charge is 0.493 e. The van der Waals surface area contributed by atoms with Gasteiger partial charge in [0.2, 0.25) is 0 Å². The summed E-state index contributed by atoms with van der Waals surface area (Å²) in [5, 5.41) is 3.92. The standard InChI is InChI=1S/C60H78N3O10PSi2/c1-66-58-39-54(31-32-57(58)69-46-67-33-35-75(2,3)4)41-62-56(38-49-21-12-8-13-22-49)59(70-47-68-34-36-76(5,6)7)43-61(40-50-23-14-9-15-24-50)63(60(62)64)42-53-29-20-30-55(37-53)71-48-74(65,72-44-51-25-16-10-17-26-51)73-45-52-27-18-11-19-28-52/h8-32,37,39,56,59H,33-36,38,40-48H2,1-7H3/t56-,59-/m1/s1. The van der Waals surface area contributed by atoms with Gasteiger partial charge >= 0.3 is 13.6 Å². The molecular weight excluding hydrogens is 1010 g/mol. The molecule has 16 heteroatoms. The molecule has 76 heavy (non-hydrogen) atoms. The van der Waals surface area contributed by atoms with Crippen molar-refractivity contribution in [2.75, 3.05) is 46.8 Å². The highest BCUT2D eigenvalue weighted by molar-refractivity contribution is 7.53. The van der Waals surface area contributed by atoms with E-state index in [0.29, 0.717) is 50.0 Å². The fraction of sp³-hybridized carbons (Fsp3) is 0.383. The number of hydrogen-bond donors (Lipinski definition) is 0. The molecule has 0 aliphatic carbocycles. The number of rotatable bonds is 30. The monoisotopic (exact) mass is 1090 g/mol. The molecule has 0 unspecified atom stereocenters. The van der Waals surface area contributed by atoms with Crippen LogP contribution < -0.4 is 14.2 Å². The van der Waals surface area contributed by atoms with Crippen molar-refractivity contribution in [1.82, 2.24) is 14.9 Å². The first kappa shape index (κ1) is 58.1. The van der Waals surface area contributed by atoms with Gasteiger partial charge in [-0.3, -0.25) is 9.57 Å². The Morgan fingerprint density at radius 1 is 0.553 bits per heavy atom. The highest BCUT2D eigenvalue weighted by Gasteiger charge is 2.42. The minimum absolute atomic E-state index is 0.0783. The number of carbonyl (C=O) groups is 1. The minimum atomic E-state index is -3.81. The topological polar surface area (TPSA) is 118 Å². The van der Waals surface area contributed by atoms with Gasteiger partial charge in [0, 0.05) is 49.0 Å². The zero-order valence-electron chi connectivity index (χ0n) is 45.5. The lowest BCUT2D eigenvalue weighted by Gasteiger charge is -2.36. The van der Waals surface area contributed by atoms with E-state index in [1.165, 1.54) is 0 Å². The maximum atomic E-state index is 16.0. The van der Waals surface area contributed by atoms with Gasteiger partial charge in [-0.05, 0) is 76.2 Å². The van der Waals surface area contributed by atoms with Crippen molar-refractivity contribution in [1.29, 1.82) is 0 Å². The Hall–Kier alpha value is -5.59. The fourth-order valence-corrected chi connectivity index (χ4v) is 11.2. The minimum Gasteiger partial charge on any atom is -0.493 e. The van der Waals surface area contributed by atoms with Gasteiger partial charge < -0.3 is 42.4 Å². The van der Waals surface area contributed by atoms with Gasteiger partial charge in [-0.1, -0.05) is 179 Å². The maximum absolute atomic E-state index is 16.0. The molecule has 0 aromatic heterocycles. The highest BCUT2D eigenvalue weighted by Crippen LogP contribution is 2.50. The van der Waals surface area contributed by atoms with Crippen LogP contribution in [0.4, 0.5) is 4.79 Å². The van der Waals surface area contributed by atoms with Crippen LogP contribution in [0.15, 0.2) is 164 Å². The summed E-state index contributed by atoms with van der Waals surface area (Å²) in [4.78, 5) is 17.9. The van der Waals surface area contributed by atoms with Crippen molar-refractivity contribution in [2.45, 2.75) is 103 Å². The first-order valence-corrected chi connectivity index (χ1v) is 35.4. The first-order chi connectivity index (χ1) is 36.6. The summed E-state index contributed by atoms with van der Waals surface area (Å²) in [5.41, 5.74) is 5.45. The van der Waals surface area contributed by atoms with E-state index in [-0.39, 0.29) is 52.3 Å². The second-order valence-electron chi connectivity index (χ2n) is 21.6. The molecule has 1 fully saturated rings. The van der Waals surface area contributed by atoms with E-state index < -0.39 is 35.9 Å². The molecule has 0 radical (unpaired) electrons. The summed E-state index contributed by atoms with van der Waals surface area (Å²) in [6.07, 6.45) is -0.293. The summed E-state index contributed by atoms with van der Waals surface area (Å²) < 4.78 is 63.9. The molecule has 0 spiro atoms. The number of amides is 2. The molecule has 13 nitrogen and oxygen atoms in total. The first-order valence-electron chi connectivity index (χ1n) is 26.3. The van der Waals surface area contributed by atoms with Gasteiger partial charge in [-0.2, -0.15) is 0 Å². The van der Waals surface area contributed by atoms with Gasteiger partial charge in [0.05, 0.1) is 39.0 Å². The van der Waals surface area contributed by atoms with Crippen molar-refractivity contribution >= 4 is 29.8 Å². The molecule has 406 valence electrons. The van der Waals surface area contributed by atoms with Crippen molar-refractivity contribution < 1.29 is 46.8 Å². The van der Waals surface area contributed by atoms with Gasteiger partial charge in [-0.15, -0.1) is 0 Å². The molecule has 1 saturated heterocycles. The second-order valence-corrected chi connectivity index (χ2v) is 34.9. The summed E-state index contributed by atoms with van der Waals surface area (Å²) in [7, 11) is -4.83. The SMILES string of the molecule is COc1cc(CN2C(=O)N(Cc3cccc(OCP(=O)(OCc4ccccc4)OCc4ccccc4)c3)N(Cc3ccccc3)C[C@@H](OCOCC[Si](C)(C)C)[C@H]2Cc2ccccc2)ccc1OCOCC[Si](C)(C)C. The number of carbonyl (C=O) groups excluding carboxylic acids is 1. The summed E-state index contributed by atoms with van der Waals surface area (Å²) in [6.45, 7) is 16.7. The number of ether oxygens (including phenoxy) is 6. The van der Waals surface area contributed by atoms with E-state index in [9.17, 15) is 4.57 Å². The van der Waals surface area contributed by atoms with Gasteiger partial charge in [-0.25, -0.2) is 9.80 Å². The second kappa shape index (κ2) is 28.7. The number of hydrogen-bond acceptors (Lipinski definition) is 11. The maximum Gasteiger partial charge on any atom is 0.368 e. The molecule has 2 atom stereocenters. The van der Waals surface area contributed by atoms with E-state index in [1.807, 2.05) is 149 Å². The predicted molar refractivity (Wildman–Crippen MR) is 306 cm³/mol. The predicted octanol–water partition coefficient (Wildman–Crippen LogP) is 13.5. The number of nitrogens with zero attached hydrogens (tertiary/aromatic N) is 3. The lowest BCUT2D eigenvalue weighted by molar-refractivity contribution is -0.118. The molecule has 0 N–H and O–H groups in total. The Morgan fingerprint density at radius 2 is 1.09 bits per heavy atom. The Kier molecular flexibility index (Phi) is 21.9. The van der Waals surface area contributed by atoms with Crippen molar-refractivity contribution in [2.24, 2.45) is 0 Å². The van der Waals surface area contributed by atoms with Crippen LogP contribution >= 0.6 is 7.60 Å². The number of methoxy groups -OCH3 is 1. The average Bonchev–Trinajstić information content (AvgIpc) is 3.54. The Labute approximate surface area is 453 Å². The van der Waals surface area contributed by atoms with E-state index >= 15 is 4.79 Å². The lowest BCUT2D eigenvalue weighted by Crippen LogP contribution is -2.51. The molecule has 1 aliphatic heterocycles. The molecule has 0 saturated carbocycles. The molecule has 7 rings (SSSR count). The molecule has 6 aromatic carbocycles. The fourth-order valence-electron chi connectivity index (χ4n) is 8.51. The van der Waals surface area contributed by atoms with Gasteiger partial charge in [0.15, 0.2) is 24.6 Å². The third-order valence-electron chi connectivity index (χ3n) is 12.9. The molecule has 6 aromatic rings. The summed E-state index contributed by atoms with van der Waals surface area (Å²) in [5.74, 6) is 1.54. The third kappa shape index (κ3) is 19.2. The quantitative estimate of drug-likeness (QED) is 0.0186. The van der Waals surface area contributed by atoms with E-state index in [1.54, 1.807) is 7.11 Å². The third-order valence-corrected chi connectivity index (χ3v) is 17.8. The Balaban J connectivity index is 1.21. The Bertz CT molecular complexity index is 2670. The number of benzene rings is 6. The van der Waals surface area contributed by atoms with Gasteiger partial charge in [0.1, 0.15) is 12.5 Å². The zero-order chi connectivity index (χ0) is 53.8. The van der Waals surface area contributed by atoms with Crippen molar-refractivity contribution in [3.63, 3.8) is 0 Å². The summed E-state index contributed by atoms with van der Waals surface area (Å²) >= 11 is 0. The summed E-state index contributed by atoms with van der Waals surface area (Å²) in [6, 6.07) is 54.2. The van der Waals surface area contributed by atoms with Crippen LogP contribution in [0.2, 0.25) is 51.4 Å². The normalized spacial score (nSPS) is 15.6. The van der Waals surface area contributed by atoms with Crippen molar-refractivity contribution in [3.05, 3.63) is 197 Å². The molecule has 0 bridgehead atoms. The van der Waals surface area contributed by atoms with E-state index in [4.69, 9.17) is 37.5 Å². The average molecular weight is 1090 g/mol. The van der Waals surface area contributed by atoms with Crippen molar-refractivity contribution in [3.8, 4) is 17.2 Å². The van der Waals surface area contributed by atoms with Crippen LogP contribution in [0.3, 0.4) is 0 Å².